The smallest absolute Gasteiger partial charge is 0.000856 e. The van der Waals surface area contributed by atoms with Crippen molar-refractivity contribution in [1.82, 2.24) is 5.32 Å². The fourth-order valence-electron chi connectivity index (χ4n) is 3.50. The molecule has 0 rings (SSSR count). The minimum Gasteiger partial charge on any atom is -0.330 e. The second kappa shape index (κ2) is 22.0. The van der Waals surface area contributed by atoms with Crippen molar-refractivity contribution in [3.8, 4) is 0 Å². The number of unbranched alkanes of at least 4 members (excludes halogenated alkanes) is 15. The predicted molar refractivity (Wildman–Crippen MR) is 115 cm³/mol. The van der Waals surface area contributed by atoms with Gasteiger partial charge in [-0.15, -0.1) is 0 Å². The van der Waals surface area contributed by atoms with Gasteiger partial charge in [-0.1, -0.05) is 117 Å². The summed E-state index contributed by atoms with van der Waals surface area (Å²) in [7, 11) is 0. The second-order valence-electron chi connectivity index (χ2n) is 8.02. The molecule has 25 heavy (non-hydrogen) atoms. The normalized spacial score (nSPS) is 12.6. The molecular weight excluding hydrogens is 304 g/mol. The molecule has 0 aliphatic rings. The van der Waals surface area contributed by atoms with E-state index in [0.29, 0.717) is 5.92 Å². The van der Waals surface area contributed by atoms with Crippen molar-refractivity contribution in [2.45, 2.75) is 123 Å². The van der Waals surface area contributed by atoms with Crippen molar-refractivity contribution < 1.29 is 0 Å². The maximum absolute atomic E-state index is 5.72. The summed E-state index contributed by atoms with van der Waals surface area (Å²) in [6, 6.07) is 0. The van der Waals surface area contributed by atoms with Crippen LogP contribution in [0.15, 0.2) is 0 Å². The van der Waals surface area contributed by atoms with E-state index >= 15 is 0 Å². The molecule has 0 aromatic heterocycles. The van der Waals surface area contributed by atoms with E-state index in [1.165, 1.54) is 116 Å². The van der Waals surface area contributed by atoms with E-state index in [1.807, 2.05) is 0 Å². The van der Waals surface area contributed by atoms with Crippen LogP contribution in [0.25, 0.3) is 0 Å². The summed E-state index contributed by atoms with van der Waals surface area (Å²) < 4.78 is 0. The van der Waals surface area contributed by atoms with Crippen molar-refractivity contribution in [1.29, 1.82) is 0 Å². The first kappa shape index (κ1) is 24.9. The SMILES string of the molecule is CCCCCCCCCCCCCCCCCCNCC(CC)CN. The molecule has 152 valence electrons. The Morgan fingerprint density at radius 2 is 1.00 bits per heavy atom. The number of rotatable bonds is 21. The first-order chi connectivity index (χ1) is 12.3. The molecular formula is C23H50N2. The quantitative estimate of drug-likeness (QED) is 0.222. The Morgan fingerprint density at radius 1 is 0.600 bits per heavy atom. The molecule has 0 bridgehead atoms. The van der Waals surface area contributed by atoms with Gasteiger partial charge in [-0.3, -0.25) is 0 Å². The second-order valence-corrected chi connectivity index (χ2v) is 8.02. The maximum atomic E-state index is 5.72. The van der Waals surface area contributed by atoms with E-state index in [0.717, 1.165) is 13.1 Å². The highest BCUT2D eigenvalue weighted by atomic mass is 14.9. The van der Waals surface area contributed by atoms with Crippen molar-refractivity contribution >= 4 is 0 Å². The summed E-state index contributed by atoms with van der Waals surface area (Å²) in [5.41, 5.74) is 5.72. The van der Waals surface area contributed by atoms with E-state index in [9.17, 15) is 0 Å². The van der Waals surface area contributed by atoms with Crippen LogP contribution in [0.5, 0.6) is 0 Å². The molecule has 0 saturated heterocycles. The molecule has 0 amide bonds. The molecule has 2 heteroatoms. The fraction of sp³-hybridized carbons (Fsp3) is 1.00. The number of hydrogen-bond acceptors (Lipinski definition) is 2. The standard InChI is InChI=1S/C23H50N2/c1-3-5-6-7-8-9-10-11-12-13-14-15-16-17-18-19-20-25-22-23(4-2)21-24/h23,25H,3-22,24H2,1-2H3. The third-order valence-electron chi connectivity index (χ3n) is 5.55. The van der Waals surface area contributed by atoms with Gasteiger partial charge in [-0.2, -0.15) is 0 Å². The molecule has 0 aliphatic carbocycles. The average Bonchev–Trinajstić information content (AvgIpc) is 2.64. The Labute approximate surface area is 160 Å². The lowest BCUT2D eigenvalue weighted by atomic mass is 10.0. The van der Waals surface area contributed by atoms with Gasteiger partial charge in [0.1, 0.15) is 0 Å². The Balaban J connectivity index is 3.03. The summed E-state index contributed by atoms with van der Waals surface area (Å²) in [6.07, 6.45) is 24.3. The van der Waals surface area contributed by atoms with E-state index in [1.54, 1.807) is 0 Å². The van der Waals surface area contributed by atoms with E-state index in [-0.39, 0.29) is 0 Å². The molecule has 0 spiro atoms. The highest BCUT2D eigenvalue weighted by Crippen LogP contribution is 2.13. The van der Waals surface area contributed by atoms with E-state index in [4.69, 9.17) is 5.73 Å². The van der Waals surface area contributed by atoms with Crippen LogP contribution >= 0.6 is 0 Å². The minimum absolute atomic E-state index is 0.668. The molecule has 1 unspecified atom stereocenters. The lowest BCUT2D eigenvalue weighted by molar-refractivity contribution is 0.461. The third-order valence-corrected chi connectivity index (χ3v) is 5.55. The molecule has 3 N–H and O–H groups in total. The van der Waals surface area contributed by atoms with Crippen molar-refractivity contribution in [2.75, 3.05) is 19.6 Å². The van der Waals surface area contributed by atoms with Crippen LogP contribution in [-0.4, -0.2) is 19.6 Å². The summed E-state index contributed by atoms with van der Waals surface area (Å²) in [4.78, 5) is 0. The fourth-order valence-corrected chi connectivity index (χ4v) is 3.50. The highest BCUT2D eigenvalue weighted by Gasteiger charge is 2.01. The molecule has 2 nitrogen and oxygen atoms in total. The topological polar surface area (TPSA) is 38.0 Å². The lowest BCUT2D eigenvalue weighted by Gasteiger charge is -2.12. The zero-order chi connectivity index (χ0) is 18.4. The Bertz CT molecular complexity index is 226. The molecule has 0 fully saturated rings. The molecule has 0 heterocycles. The number of hydrogen-bond donors (Lipinski definition) is 2. The van der Waals surface area contributed by atoms with Crippen LogP contribution in [0.2, 0.25) is 0 Å². The number of nitrogens with two attached hydrogens (primary N) is 1. The summed E-state index contributed by atoms with van der Waals surface area (Å²) in [5.74, 6) is 0.668. The van der Waals surface area contributed by atoms with Gasteiger partial charge in [0.05, 0.1) is 0 Å². The molecule has 1 atom stereocenters. The first-order valence-corrected chi connectivity index (χ1v) is 11.8. The van der Waals surface area contributed by atoms with Gasteiger partial charge >= 0.3 is 0 Å². The molecule has 0 aromatic rings. The van der Waals surface area contributed by atoms with Crippen molar-refractivity contribution in [2.24, 2.45) is 11.7 Å². The molecule has 0 radical (unpaired) electrons. The molecule has 0 saturated carbocycles. The van der Waals surface area contributed by atoms with Crippen LogP contribution in [0.1, 0.15) is 123 Å². The summed E-state index contributed by atoms with van der Waals surface area (Å²) in [5, 5.41) is 3.56. The zero-order valence-electron chi connectivity index (χ0n) is 17.8. The van der Waals surface area contributed by atoms with Crippen LogP contribution in [-0.2, 0) is 0 Å². The van der Waals surface area contributed by atoms with Gasteiger partial charge in [0.2, 0.25) is 0 Å². The van der Waals surface area contributed by atoms with Gasteiger partial charge in [0, 0.05) is 0 Å². The van der Waals surface area contributed by atoms with Crippen LogP contribution in [0, 0.1) is 5.92 Å². The van der Waals surface area contributed by atoms with Crippen molar-refractivity contribution in [3.63, 3.8) is 0 Å². The number of nitrogens with one attached hydrogen (secondary N) is 1. The Morgan fingerprint density at radius 3 is 1.36 bits per heavy atom. The zero-order valence-corrected chi connectivity index (χ0v) is 17.8. The van der Waals surface area contributed by atoms with Crippen LogP contribution in [0.4, 0.5) is 0 Å². The van der Waals surface area contributed by atoms with Crippen LogP contribution in [0.3, 0.4) is 0 Å². The Kier molecular flexibility index (Phi) is 21.9. The molecule has 0 aromatic carbocycles. The summed E-state index contributed by atoms with van der Waals surface area (Å²) in [6.45, 7) is 7.63. The lowest BCUT2D eigenvalue weighted by Crippen LogP contribution is -2.28. The Hall–Kier alpha value is -0.0800. The summed E-state index contributed by atoms with van der Waals surface area (Å²) >= 11 is 0. The van der Waals surface area contributed by atoms with Gasteiger partial charge in [-0.25, -0.2) is 0 Å². The van der Waals surface area contributed by atoms with Crippen LogP contribution < -0.4 is 11.1 Å². The van der Waals surface area contributed by atoms with Gasteiger partial charge < -0.3 is 11.1 Å². The van der Waals surface area contributed by atoms with Crippen molar-refractivity contribution in [3.05, 3.63) is 0 Å². The monoisotopic (exact) mass is 354 g/mol. The maximum Gasteiger partial charge on any atom is -0.000856 e. The largest absolute Gasteiger partial charge is 0.330 e. The van der Waals surface area contributed by atoms with Gasteiger partial charge in [-0.05, 0) is 32.0 Å². The first-order valence-electron chi connectivity index (χ1n) is 11.8. The predicted octanol–water partition coefficient (Wildman–Crippen LogP) is 6.82. The average molecular weight is 355 g/mol. The highest BCUT2D eigenvalue weighted by molar-refractivity contribution is 4.61. The van der Waals surface area contributed by atoms with E-state index < -0.39 is 0 Å². The van der Waals surface area contributed by atoms with E-state index in [2.05, 4.69) is 19.2 Å². The molecule has 0 aliphatic heterocycles. The minimum atomic E-state index is 0.668. The van der Waals surface area contributed by atoms with Gasteiger partial charge in [0.25, 0.3) is 0 Å². The third kappa shape index (κ3) is 20.1. The van der Waals surface area contributed by atoms with Gasteiger partial charge in [0.15, 0.2) is 0 Å².